The maximum atomic E-state index is 11.7. The van der Waals surface area contributed by atoms with Gasteiger partial charge in [0, 0.05) is 4.88 Å². The van der Waals surface area contributed by atoms with Crippen molar-refractivity contribution in [3.63, 3.8) is 0 Å². The molecule has 0 unspecified atom stereocenters. The van der Waals surface area contributed by atoms with E-state index in [2.05, 4.69) is 14.7 Å². The van der Waals surface area contributed by atoms with Crippen molar-refractivity contribution >= 4 is 40.8 Å². The van der Waals surface area contributed by atoms with E-state index in [9.17, 15) is 9.59 Å². The second-order valence-electron chi connectivity index (χ2n) is 4.38. The number of methoxy groups -OCH3 is 1. The van der Waals surface area contributed by atoms with Crippen LogP contribution < -0.4 is 17.0 Å². The van der Waals surface area contributed by atoms with E-state index in [1.807, 2.05) is 6.07 Å². The van der Waals surface area contributed by atoms with Crippen LogP contribution in [0.4, 0.5) is 11.8 Å². The highest BCUT2D eigenvalue weighted by atomic mass is 32.2. The summed E-state index contributed by atoms with van der Waals surface area (Å²) >= 11 is 2.76. The van der Waals surface area contributed by atoms with Crippen molar-refractivity contribution in [3.8, 4) is 0 Å². The number of nitrogens with two attached hydrogens (primary N) is 2. The summed E-state index contributed by atoms with van der Waals surface area (Å²) in [6.45, 7) is 0. The molecule has 0 saturated carbocycles. The Morgan fingerprint density at radius 3 is 2.91 bits per heavy atom. The van der Waals surface area contributed by atoms with Crippen LogP contribution in [0.2, 0.25) is 0 Å². The SMILES string of the molecule is COC(=O)c1ccc(CCCSc2c(N)nc(N)[nH]c2=O)s1. The summed E-state index contributed by atoms with van der Waals surface area (Å²) in [5.74, 6) is 0.554. The van der Waals surface area contributed by atoms with Crippen LogP contribution >= 0.6 is 23.1 Å². The zero-order valence-corrected chi connectivity index (χ0v) is 13.6. The van der Waals surface area contributed by atoms with E-state index < -0.39 is 0 Å². The molecule has 5 N–H and O–H groups in total. The van der Waals surface area contributed by atoms with Crippen LogP contribution in [-0.2, 0) is 11.2 Å². The number of nitrogens with one attached hydrogen (secondary N) is 1. The third-order valence-electron chi connectivity index (χ3n) is 2.78. The topological polar surface area (TPSA) is 124 Å². The van der Waals surface area contributed by atoms with Crippen molar-refractivity contribution in [3.05, 3.63) is 32.2 Å². The third kappa shape index (κ3) is 4.01. The van der Waals surface area contributed by atoms with Gasteiger partial charge < -0.3 is 16.2 Å². The molecule has 22 heavy (non-hydrogen) atoms. The molecule has 7 nitrogen and oxygen atoms in total. The first kappa shape index (κ1) is 16.4. The van der Waals surface area contributed by atoms with Gasteiger partial charge in [0.05, 0.1) is 7.11 Å². The molecule has 0 atom stereocenters. The summed E-state index contributed by atoms with van der Waals surface area (Å²) in [4.78, 5) is 31.4. The number of aromatic nitrogens is 2. The Labute approximate surface area is 135 Å². The molecule has 9 heteroatoms. The number of aryl methyl sites for hydroxylation is 1. The Morgan fingerprint density at radius 2 is 2.23 bits per heavy atom. The van der Waals surface area contributed by atoms with Gasteiger partial charge in [0.25, 0.3) is 5.56 Å². The van der Waals surface area contributed by atoms with Crippen molar-refractivity contribution in [1.29, 1.82) is 0 Å². The van der Waals surface area contributed by atoms with Crippen LogP contribution in [0.15, 0.2) is 21.8 Å². The predicted molar refractivity (Wildman–Crippen MR) is 88.4 cm³/mol. The average molecular weight is 340 g/mol. The van der Waals surface area contributed by atoms with Crippen LogP contribution in [0.5, 0.6) is 0 Å². The first-order valence-corrected chi connectivity index (χ1v) is 8.26. The molecule has 2 aromatic rings. The standard InChI is InChI=1S/C13H16N4O3S2/c1-20-12(19)8-5-4-7(22-8)3-2-6-21-9-10(14)16-13(15)17-11(9)18/h4-5H,2-3,6H2,1H3,(H5,14,15,16,17,18). The quantitative estimate of drug-likeness (QED) is 0.413. The number of hydrogen-bond acceptors (Lipinski definition) is 8. The van der Waals surface area contributed by atoms with Crippen molar-refractivity contribution in [2.75, 3.05) is 24.3 Å². The van der Waals surface area contributed by atoms with E-state index in [-0.39, 0.29) is 23.3 Å². The number of nitrogens with zero attached hydrogens (tertiary/aromatic N) is 1. The van der Waals surface area contributed by atoms with Crippen LogP contribution in [0.3, 0.4) is 0 Å². The van der Waals surface area contributed by atoms with Crippen LogP contribution in [0, 0.1) is 0 Å². The van der Waals surface area contributed by atoms with Crippen LogP contribution in [0.1, 0.15) is 21.0 Å². The van der Waals surface area contributed by atoms with Crippen molar-refractivity contribution in [2.45, 2.75) is 17.7 Å². The Morgan fingerprint density at radius 1 is 1.45 bits per heavy atom. The van der Waals surface area contributed by atoms with Gasteiger partial charge in [-0.1, -0.05) is 0 Å². The second-order valence-corrected chi connectivity index (χ2v) is 6.65. The maximum absolute atomic E-state index is 11.7. The molecular formula is C13H16N4O3S2. The molecule has 118 valence electrons. The van der Waals surface area contributed by atoms with Gasteiger partial charge in [-0.25, -0.2) is 4.79 Å². The van der Waals surface area contributed by atoms with Gasteiger partial charge >= 0.3 is 5.97 Å². The highest BCUT2D eigenvalue weighted by Crippen LogP contribution is 2.23. The van der Waals surface area contributed by atoms with Gasteiger partial charge in [-0.15, -0.1) is 23.1 Å². The number of nitrogen functional groups attached to an aromatic ring is 2. The number of ether oxygens (including phenoxy) is 1. The zero-order chi connectivity index (χ0) is 16.1. The molecule has 2 aromatic heterocycles. The molecule has 0 radical (unpaired) electrons. The second kappa shape index (κ2) is 7.32. The van der Waals surface area contributed by atoms with Gasteiger partial charge in [-0.2, -0.15) is 4.98 Å². The number of esters is 1. The van der Waals surface area contributed by atoms with E-state index in [1.54, 1.807) is 6.07 Å². The Kier molecular flexibility index (Phi) is 5.45. The summed E-state index contributed by atoms with van der Waals surface area (Å²) in [6, 6.07) is 3.67. The minimum atomic E-state index is -0.321. The maximum Gasteiger partial charge on any atom is 0.348 e. The summed E-state index contributed by atoms with van der Waals surface area (Å²) in [6.07, 6.45) is 1.66. The molecule has 0 bridgehead atoms. The number of rotatable bonds is 6. The van der Waals surface area contributed by atoms with Gasteiger partial charge in [0.2, 0.25) is 5.95 Å². The molecular weight excluding hydrogens is 324 g/mol. The Bertz CT molecular complexity index is 726. The molecule has 0 aliphatic carbocycles. The molecule has 2 rings (SSSR count). The fraction of sp³-hybridized carbons (Fsp3) is 0.308. The number of hydrogen-bond donors (Lipinski definition) is 3. The largest absolute Gasteiger partial charge is 0.465 e. The summed E-state index contributed by atoms with van der Waals surface area (Å²) in [5, 5.41) is 0. The fourth-order valence-electron chi connectivity index (χ4n) is 1.78. The summed E-state index contributed by atoms with van der Waals surface area (Å²) in [7, 11) is 1.36. The lowest BCUT2D eigenvalue weighted by Crippen LogP contribution is -2.16. The molecule has 0 spiro atoms. The smallest absolute Gasteiger partial charge is 0.348 e. The van der Waals surface area contributed by atoms with Gasteiger partial charge in [0.1, 0.15) is 15.6 Å². The van der Waals surface area contributed by atoms with Crippen LogP contribution in [0.25, 0.3) is 0 Å². The molecule has 0 fully saturated rings. The van der Waals surface area contributed by atoms with Crippen molar-refractivity contribution < 1.29 is 9.53 Å². The number of H-pyrrole nitrogens is 1. The van der Waals surface area contributed by atoms with Gasteiger partial charge in [0.15, 0.2) is 0 Å². The highest BCUT2D eigenvalue weighted by Gasteiger charge is 2.10. The average Bonchev–Trinajstić information content (AvgIpc) is 2.93. The molecule has 0 saturated heterocycles. The van der Waals surface area contributed by atoms with E-state index >= 15 is 0 Å². The number of anilines is 2. The molecule has 0 aromatic carbocycles. The number of thiophene rings is 1. The summed E-state index contributed by atoms with van der Waals surface area (Å²) in [5.41, 5.74) is 10.8. The van der Waals surface area contributed by atoms with Gasteiger partial charge in [-0.05, 0) is 30.7 Å². The first-order valence-electron chi connectivity index (χ1n) is 6.46. The van der Waals surface area contributed by atoms with Gasteiger partial charge in [-0.3, -0.25) is 9.78 Å². The lowest BCUT2D eigenvalue weighted by molar-refractivity contribution is 0.0606. The zero-order valence-electron chi connectivity index (χ0n) is 11.9. The Balaban J connectivity index is 1.86. The lowest BCUT2D eigenvalue weighted by atomic mass is 10.3. The number of aromatic amines is 1. The first-order chi connectivity index (χ1) is 10.5. The monoisotopic (exact) mass is 340 g/mol. The van der Waals surface area contributed by atoms with Crippen LogP contribution in [-0.4, -0.2) is 28.8 Å². The van der Waals surface area contributed by atoms with Crippen molar-refractivity contribution in [2.24, 2.45) is 0 Å². The highest BCUT2D eigenvalue weighted by molar-refractivity contribution is 7.99. The molecule has 0 amide bonds. The normalized spacial score (nSPS) is 10.6. The number of thioether (sulfide) groups is 1. The minimum Gasteiger partial charge on any atom is -0.465 e. The van der Waals surface area contributed by atoms with E-state index in [0.717, 1.165) is 17.7 Å². The Hall–Kier alpha value is -2.00. The lowest BCUT2D eigenvalue weighted by Gasteiger charge is -2.04. The van der Waals surface area contributed by atoms with E-state index in [1.165, 1.54) is 30.2 Å². The minimum absolute atomic E-state index is 0.0146. The number of carbonyl (C=O) groups is 1. The molecule has 0 aliphatic rings. The third-order valence-corrected chi connectivity index (χ3v) is 5.08. The predicted octanol–water partition coefficient (Wildman–Crippen LogP) is 1.51. The van der Waals surface area contributed by atoms with Crippen molar-refractivity contribution in [1.82, 2.24) is 9.97 Å². The van der Waals surface area contributed by atoms with E-state index in [4.69, 9.17) is 11.5 Å². The fourth-order valence-corrected chi connectivity index (χ4v) is 3.62. The molecule has 2 heterocycles. The number of carbonyl (C=O) groups excluding carboxylic acids is 1. The molecule has 0 aliphatic heterocycles. The van der Waals surface area contributed by atoms with E-state index in [0.29, 0.717) is 15.5 Å². The summed E-state index contributed by atoms with van der Waals surface area (Å²) < 4.78 is 4.67.